The molecule has 15 heavy (non-hydrogen) atoms. The Labute approximate surface area is 99.3 Å². The summed E-state index contributed by atoms with van der Waals surface area (Å²) in [5.41, 5.74) is 1.17. The molecule has 1 aromatic carbocycles. The lowest BCUT2D eigenvalue weighted by atomic mass is 9.98. The van der Waals surface area contributed by atoms with Crippen LogP contribution in [0.25, 0.3) is 0 Å². The fourth-order valence-corrected chi connectivity index (χ4v) is 3.01. The standard InChI is InChI=1S/C12H12Cl2O/c13-8-3-4-10(14)9(7-8)11-12(15-11)5-1-2-6-12/h3-4,7,11H,1-2,5-6H2. The van der Waals surface area contributed by atoms with Gasteiger partial charge in [-0.05, 0) is 31.0 Å². The van der Waals surface area contributed by atoms with E-state index in [0.717, 1.165) is 15.6 Å². The molecule has 1 atom stereocenters. The number of hydrogen-bond acceptors (Lipinski definition) is 1. The van der Waals surface area contributed by atoms with Gasteiger partial charge >= 0.3 is 0 Å². The Balaban J connectivity index is 1.92. The molecule has 1 aromatic rings. The Morgan fingerprint density at radius 1 is 1.20 bits per heavy atom. The quantitative estimate of drug-likeness (QED) is 0.667. The molecule has 3 rings (SSSR count). The molecule has 0 radical (unpaired) electrons. The second-order valence-corrected chi connectivity index (χ2v) is 5.28. The molecule has 1 unspecified atom stereocenters. The maximum atomic E-state index is 6.15. The molecule has 1 saturated heterocycles. The number of epoxide rings is 1. The molecule has 0 aromatic heterocycles. The third-order valence-corrected chi connectivity index (χ3v) is 4.04. The lowest BCUT2D eigenvalue weighted by Gasteiger charge is -2.04. The van der Waals surface area contributed by atoms with Crippen LogP contribution in [0.15, 0.2) is 18.2 Å². The Morgan fingerprint density at radius 2 is 1.93 bits per heavy atom. The molecule has 1 saturated carbocycles. The van der Waals surface area contributed by atoms with Gasteiger partial charge < -0.3 is 4.74 Å². The smallest absolute Gasteiger partial charge is 0.114 e. The molecule has 0 N–H and O–H groups in total. The lowest BCUT2D eigenvalue weighted by Crippen LogP contribution is -2.04. The first-order valence-corrected chi connectivity index (χ1v) is 6.10. The van der Waals surface area contributed by atoms with Crippen LogP contribution in [0.2, 0.25) is 10.0 Å². The number of hydrogen-bond donors (Lipinski definition) is 0. The second kappa shape index (κ2) is 3.38. The highest BCUT2D eigenvalue weighted by atomic mass is 35.5. The number of rotatable bonds is 1. The third kappa shape index (κ3) is 1.57. The molecule has 2 fully saturated rings. The van der Waals surface area contributed by atoms with Crippen LogP contribution in [0.1, 0.15) is 37.4 Å². The minimum absolute atomic E-state index is 0.105. The first kappa shape index (κ1) is 9.95. The summed E-state index contributed by atoms with van der Waals surface area (Å²) in [6.45, 7) is 0. The zero-order chi connectivity index (χ0) is 10.5. The predicted molar refractivity (Wildman–Crippen MR) is 61.5 cm³/mol. The van der Waals surface area contributed by atoms with Crippen molar-refractivity contribution in [3.63, 3.8) is 0 Å². The summed E-state index contributed by atoms with van der Waals surface area (Å²) < 4.78 is 5.84. The van der Waals surface area contributed by atoms with Gasteiger partial charge in [-0.1, -0.05) is 36.0 Å². The monoisotopic (exact) mass is 242 g/mol. The minimum Gasteiger partial charge on any atom is -0.361 e. The van der Waals surface area contributed by atoms with Gasteiger partial charge in [0.2, 0.25) is 0 Å². The summed E-state index contributed by atoms with van der Waals surface area (Å²) >= 11 is 12.1. The third-order valence-electron chi connectivity index (χ3n) is 3.46. The van der Waals surface area contributed by atoms with E-state index in [9.17, 15) is 0 Å². The van der Waals surface area contributed by atoms with E-state index in [4.69, 9.17) is 27.9 Å². The number of benzene rings is 1. The van der Waals surface area contributed by atoms with Gasteiger partial charge in [-0.3, -0.25) is 0 Å². The normalized spacial score (nSPS) is 27.2. The highest BCUT2D eigenvalue weighted by molar-refractivity contribution is 6.33. The fourth-order valence-electron chi connectivity index (χ4n) is 2.62. The van der Waals surface area contributed by atoms with Crippen LogP contribution in [-0.2, 0) is 4.74 Å². The minimum atomic E-state index is 0.105. The summed E-state index contributed by atoms with van der Waals surface area (Å²) in [6.07, 6.45) is 5.07. The average molecular weight is 243 g/mol. The van der Waals surface area contributed by atoms with Gasteiger partial charge in [0.05, 0.1) is 5.60 Å². The van der Waals surface area contributed by atoms with Crippen LogP contribution >= 0.6 is 23.2 Å². The summed E-state index contributed by atoms with van der Waals surface area (Å²) in [4.78, 5) is 0. The Hall–Kier alpha value is -0.240. The van der Waals surface area contributed by atoms with Crippen LogP contribution in [0.5, 0.6) is 0 Å². The molecule has 1 nitrogen and oxygen atoms in total. The van der Waals surface area contributed by atoms with Gasteiger partial charge in [0.1, 0.15) is 6.10 Å². The van der Waals surface area contributed by atoms with Crippen molar-refractivity contribution >= 4 is 23.2 Å². The van der Waals surface area contributed by atoms with Crippen molar-refractivity contribution in [1.29, 1.82) is 0 Å². The first-order valence-electron chi connectivity index (χ1n) is 5.34. The highest BCUT2D eigenvalue weighted by Crippen LogP contribution is 2.60. The van der Waals surface area contributed by atoms with Crippen LogP contribution < -0.4 is 0 Å². The van der Waals surface area contributed by atoms with Gasteiger partial charge in [-0.15, -0.1) is 0 Å². The molecular weight excluding hydrogens is 231 g/mol. The van der Waals surface area contributed by atoms with Crippen molar-refractivity contribution in [3.05, 3.63) is 33.8 Å². The van der Waals surface area contributed by atoms with Gasteiger partial charge in [0, 0.05) is 15.6 Å². The van der Waals surface area contributed by atoms with Crippen molar-refractivity contribution in [3.8, 4) is 0 Å². The number of halogens is 2. The zero-order valence-electron chi connectivity index (χ0n) is 8.30. The fraction of sp³-hybridized carbons (Fsp3) is 0.500. The molecular formula is C12H12Cl2O. The van der Waals surface area contributed by atoms with E-state index in [1.54, 1.807) is 0 Å². The van der Waals surface area contributed by atoms with Crippen molar-refractivity contribution in [2.75, 3.05) is 0 Å². The molecule has 1 aliphatic carbocycles. The topological polar surface area (TPSA) is 12.5 Å². The van der Waals surface area contributed by atoms with Gasteiger partial charge in [-0.2, -0.15) is 0 Å². The molecule has 3 heteroatoms. The second-order valence-electron chi connectivity index (χ2n) is 4.44. The maximum Gasteiger partial charge on any atom is 0.114 e. The Morgan fingerprint density at radius 3 is 2.67 bits per heavy atom. The van der Waals surface area contributed by atoms with Crippen LogP contribution in [-0.4, -0.2) is 5.60 Å². The van der Waals surface area contributed by atoms with Gasteiger partial charge in [0.15, 0.2) is 0 Å². The molecule has 1 aliphatic heterocycles. The molecule has 1 heterocycles. The van der Waals surface area contributed by atoms with Crippen molar-refractivity contribution < 1.29 is 4.74 Å². The van der Waals surface area contributed by atoms with Gasteiger partial charge in [0.25, 0.3) is 0 Å². The molecule has 2 aliphatic rings. The SMILES string of the molecule is Clc1ccc(Cl)c(C2OC23CCCC3)c1. The van der Waals surface area contributed by atoms with E-state index < -0.39 is 0 Å². The van der Waals surface area contributed by atoms with Crippen LogP contribution in [0.4, 0.5) is 0 Å². The van der Waals surface area contributed by atoms with E-state index >= 15 is 0 Å². The van der Waals surface area contributed by atoms with E-state index in [2.05, 4.69) is 0 Å². The predicted octanol–water partition coefficient (Wildman–Crippen LogP) is 4.38. The highest BCUT2D eigenvalue weighted by Gasteiger charge is 2.58. The first-order chi connectivity index (χ1) is 7.21. The summed E-state index contributed by atoms with van der Waals surface area (Å²) in [7, 11) is 0. The average Bonchev–Trinajstić information content (AvgIpc) is 2.68. The Kier molecular flexibility index (Phi) is 2.24. The molecule has 0 amide bonds. The molecule has 80 valence electrons. The lowest BCUT2D eigenvalue weighted by molar-refractivity contribution is 0.297. The van der Waals surface area contributed by atoms with Crippen LogP contribution in [0, 0.1) is 0 Å². The summed E-state index contributed by atoms with van der Waals surface area (Å²) in [5, 5.41) is 1.51. The number of ether oxygens (including phenoxy) is 1. The van der Waals surface area contributed by atoms with E-state index in [1.165, 1.54) is 25.7 Å². The maximum absolute atomic E-state index is 6.15. The van der Waals surface area contributed by atoms with E-state index in [-0.39, 0.29) is 11.7 Å². The van der Waals surface area contributed by atoms with Crippen molar-refractivity contribution in [2.45, 2.75) is 37.4 Å². The van der Waals surface area contributed by atoms with Crippen LogP contribution in [0.3, 0.4) is 0 Å². The van der Waals surface area contributed by atoms with E-state index in [1.807, 2.05) is 18.2 Å². The van der Waals surface area contributed by atoms with Crippen molar-refractivity contribution in [1.82, 2.24) is 0 Å². The largest absolute Gasteiger partial charge is 0.361 e. The Bertz CT molecular complexity index is 397. The molecule has 0 bridgehead atoms. The van der Waals surface area contributed by atoms with Crippen molar-refractivity contribution in [2.24, 2.45) is 0 Å². The zero-order valence-corrected chi connectivity index (χ0v) is 9.81. The van der Waals surface area contributed by atoms with E-state index in [0.29, 0.717) is 0 Å². The van der Waals surface area contributed by atoms with Gasteiger partial charge in [-0.25, -0.2) is 0 Å². The summed E-state index contributed by atoms with van der Waals surface area (Å²) in [5.74, 6) is 0. The molecule has 1 spiro atoms. The summed E-state index contributed by atoms with van der Waals surface area (Å²) in [6, 6.07) is 5.60.